The van der Waals surface area contributed by atoms with Gasteiger partial charge >= 0.3 is 0 Å². The van der Waals surface area contributed by atoms with Gasteiger partial charge < -0.3 is 10.2 Å². The van der Waals surface area contributed by atoms with E-state index in [2.05, 4.69) is 28.5 Å². The first-order valence-electron chi connectivity index (χ1n) is 9.47. The first-order valence-corrected chi connectivity index (χ1v) is 9.47. The van der Waals surface area contributed by atoms with Gasteiger partial charge in [0.15, 0.2) is 0 Å². The molecule has 4 nitrogen and oxygen atoms in total. The Morgan fingerprint density at radius 1 is 1.11 bits per heavy atom. The van der Waals surface area contributed by atoms with Crippen LogP contribution in [0.15, 0.2) is 72.9 Å². The molecule has 1 amide bonds. The van der Waals surface area contributed by atoms with E-state index in [1.54, 1.807) is 18.3 Å². The molecule has 1 atom stereocenters. The van der Waals surface area contributed by atoms with Gasteiger partial charge in [0.05, 0.1) is 5.69 Å². The van der Waals surface area contributed by atoms with Gasteiger partial charge in [0.2, 0.25) is 0 Å². The number of nitrogens with one attached hydrogen (secondary N) is 1. The second kappa shape index (κ2) is 8.31. The summed E-state index contributed by atoms with van der Waals surface area (Å²) in [5, 5.41) is 3.55. The van der Waals surface area contributed by atoms with Crippen molar-refractivity contribution in [3.63, 3.8) is 0 Å². The van der Waals surface area contributed by atoms with Crippen LogP contribution in [0.1, 0.15) is 22.3 Å². The van der Waals surface area contributed by atoms with Crippen molar-refractivity contribution in [1.82, 2.24) is 15.2 Å². The van der Waals surface area contributed by atoms with E-state index < -0.39 is 0 Å². The van der Waals surface area contributed by atoms with Crippen LogP contribution in [0, 0.1) is 5.82 Å². The van der Waals surface area contributed by atoms with Gasteiger partial charge in [-0.3, -0.25) is 9.78 Å². The summed E-state index contributed by atoms with van der Waals surface area (Å²) in [5.74, 6) is -0.369. The summed E-state index contributed by atoms with van der Waals surface area (Å²) in [7, 11) is 0. The van der Waals surface area contributed by atoms with E-state index in [0.717, 1.165) is 24.2 Å². The Balaban J connectivity index is 1.34. The Kier molecular flexibility index (Phi) is 5.44. The minimum Gasteiger partial charge on any atom is -0.337 e. The third-order valence-electron chi connectivity index (χ3n) is 5.05. The molecule has 0 aliphatic carbocycles. The number of hydrogen-bond donors (Lipinski definition) is 1. The van der Waals surface area contributed by atoms with Crippen molar-refractivity contribution in [3.8, 4) is 11.3 Å². The van der Waals surface area contributed by atoms with E-state index >= 15 is 0 Å². The maximum atomic E-state index is 13.0. The van der Waals surface area contributed by atoms with Gasteiger partial charge in [0, 0.05) is 43.0 Å². The summed E-state index contributed by atoms with van der Waals surface area (Å²) in [6.45, 7) is 2.11. The Morgan fingerprint density at radius 3 is 2.75 bits per heavy atom. The molecule has 0 spiro atoms. The number of aromatic nitrogens is 1. The number of likely N-dealkylation sites (tertiary alicyclic amines) is 1. The highest BCUT2D eigenvalue weighted by atomic mass is 19.1. The lowest BCUT2D eigenvalue weighted by Gasteiger charge is -2.17. The maximum Gasteiger partial charge on any atom is 0.253 e. The van der Waals surface area contributed by atoms with Gasteiger partial charge in [0.25, 0.3) is 5.91 Å². The molecule has 4 rings (SSSR count). The lowest BCUT2D eigenvalue weighted by molar-refractivity contribution is 0.0789. The van der Waals surface area contributed by atoms with Gasteiger partial charge in [-0.2, -0.15) is 0 Å². The van der Waals surface area contributed by atoms with E-state index in [1.807, 2.05) is 29.2 Å². The molecule has 2 aromatic carbocycles. The van der Waals surface area contributed by atoms with Gasteiger partial charge in [-0.05, 0) is 54.4 Å². The second-order valence-corrected chi connectivity index (χ2v) is 7.04. The van der Waals surface area contributed by atoms with Crippen LogP contribution in [0.2, 0.25) is 0 Å². The Labute approximate surface area is 164 Å². The lowest BCUT2D eigenvalue weighted by Crippen LogP contribution is -2.34. The predicted molar refractivity (Wildman–Crippen MR) is 107 cm³/mol. The topological polar surface area (TPSA) is 45.2 Å². The molecule has 1 aliphatic heterocycles. The number of amides is 1. The number of halogens is 1. The molecule has 0 radical (unpaired) electrons. The van der Waals surface area contributed by atoms with Crippen molar-refractivity contribution in [2.24, 2.45) is 0 Å². The standard InChI is InChI=1S/C23H22FN3O/c24-20-9-7-18(8-10-20)23(28)27-13-11-21(16-27)26-15-17-4-3-5-19(14-17)22-6-1-2-12-25-22/h1-10,12,14,21,26H,11,13,15-16H2/t21-/m1/s1. The Morgan fingerprint density at radius 2 is 1.96 bits per heavy atom. The van der Waals surface area contributed by atoms with E-state index in [1.165, 1.54) is 17.7 Å². The number of rotatable bonds is 5. The monoisotopic (exact) mass is 375 g/mol. The van der Waals surface area contributed by atoms with Crippen molar-refractivity contribution in [1.29, 1.82) is 0 Å². The molecule has 2 heterocycles. The van der Waals surface area contributed by atoms with Crippen LogP contribution in [0.5, 0.6) is 0 Å². The highest BCUT2D eigenvalue weighted by Crippen LogP contribution is 2.19. The first-order chi connectivity index (χ1) is 13.7. The molecule has 1 fully saturated rings. The predicted octanol–water partition coefficient (Wildman–Crippen LogP) is 3.89. The summed E-state index contributed by atoms with van der Waals surface area (Å²) >= 11 is 0. The van der Waals surface area contributed by atoms with Crippen molar-refractivity contribution in [2.45, 2.75) is 19.0 Å². The summed E-state index contributed by atoms with van der Waals surface area (Å²) in [5.41, 5.74) is 3.78. The molecule has 1 aromatic heterocycles. The third kappa shape index (κ3) is 4.26. The molecule has 5 heteroatoms. The zero-order valence-corrected chi connectivity index (χ0v) is 15.5. The molecule has 1 N–H and O–H groups in total. The number of pyridine rings is 1. The zero-order valence-electron chi connectivity index (χ0n) is 15.5. The number of nitrogens with zero attached hydrogens (tertiary/aromatic N) is 2. The Bertz CT molecular complexity index is 944. The SMILES string of the molecule is O=C(c1ccc(F)cc1)N1CC[C@@H](NCc2cccc(-c3ccccn3)c2)C1. The average molecular weight is 375 g/mol. The average Bonchev–Trinajstić information content (AvgIpc) is 3.22. The summed E-state index contributed by atoms with van der Waals surface area (Å²) in [6.07, 6.45) is 2.71. The molecule has 142 valence electrons. The fourth-order valence-electron chi connectivity index (χ4n) is 3.52. The van der Waals surface area contributed by atoms with Crippen LogP contribution in [0.4, 0.5) is 4.39 Å². The van der Waals surface area contributed by atoms with Crippen LogP contribution >= 0.6 is 0 Å². The van der Waals surface area contributed by atoms with Gasteiger partial charge in [0.1, 0.15) is 5.82 Å². The largest absolute Gasteiger partial charge is 0.337 e. The molecule has 28 heavy (non-hydrogen) atoms. The van der Waals surface area contributed by atoms with Gasteiger partial charge in [-0.1, -0.05) is 24.3 Å². The fourth-order valence-corrected chi connectivity index (χ4v) is 3.52. The highest BCUT2D eigenvalue weighted by Gasteiger charge is 2.26. The number of carbonyl (C=O) groups is 1. The fraction of sp³-hybridized carbons (Fsp3) is 0.217. The molecule has 0 bridgehead atoms. The van der Waals surface area contributed by atoms with Crippen molar-refractivity contribution < 1.29 is 9.18 Å². The molecule has 1 saturated heterocycles. The number of hydrogen-bond acceptors (Lipinski definition) is 3. The smallest absolute Gasteiger partial charge is 0.253 e. The second-order valence-electron chi connectivity index (χ2n) is 7.04. The first kappa shape index (κ1) is 18.3. The van der Waals surface area contributed by atoms with E-state index in [0.29, 0.717) is 18.7 Å². The minimum atomic E-state index is -0.328. The summed E-state index contributed by atoms with van der Waals surface area (Å²) < 4.78 is 13.0. The zero-order chi connectivity index (χ0) is 19.3. The minimum absolute atomic E-state index is 0.0403. The molecule has 3 aromatic rings. The Hall–Kier alpha value is -3.05. The quantitative estimate of drug-likeness (QED) is 0.736. The van der Waals surface area contributed by atoms with Gasteiger partial charge in [-0.15, -0.1) is 0 Å². The highest BCUT2D eigenvalue weighted by molar-refractivity contribution is 5.94. The van der Waals surface area contributed by atoms with E-state index in [4.69, 9.17) is 0 Å². The van der Waals surface area contributed by atoms with Crippen LogP contribution in [0.25, 0.3) is 11.3 Å². The molecular weight excluding hydrogens is 353 g/mol. The van der Waals surface area contributed by atoms with Crippen molar-refractivity contribution in [2.75, 3.05) is 13.1 Å². The van der Waals surface area contributed by atoms with Crippen molar-refractivity contribution in [3.05, 3.63) is 89.9 Å². The van der Waals surface area contributed by atoms with Crippen molar-refractivity contribution >= 4 is 5.91 Å². The van der Waals surface area contributed by atoms with E-state index in [9.17, 15) is 9.18 Å². The maximum absolute atomic E-state index is 13.0. The normalized spacial score (nSPS) is 16.3. The summed E-state index contributed by atoms with van der Waals surface area (Å²) in [4.78, 5) is 18.8. The number of carbonyl (C=O) groups excluding carboxylic acids is 1. The van der Waals surface area contributed by atoms with Crippen LogP contribution in [-0.2, 0) is 6.54 Å². The van der Waals surface area contributed by atoms with Crippen LogP contribution in [0.3, 0.4) is 0 Å². The molecule has 0 saturated carbocycles. The number of benzene rings is 2. The molecule has 1 aliphatic rings. The van der Waals surface area contributed by atoms with Crippen LogP contribution < -0.4 is 5.32 Å². The third-order valence-corrected chi connectivity index (χ3v) is 5.05. The molecular formula is C23H22FN3O. The van der Waals surface area contributed by atoms with Crippen LogP contribution in [-0.4, -0.2) is 34.9 Å². The van der Waals surface area contributed by atoms with E-state index in [-0.39, 0.29) is 17.8 Å². The summed E-state index contributed by atoms with van der Waals surface area (Å²) in [6, 6.07) is 20.2. The lowest BCUT2D eigenvalue weighted by atomic mass is 10.1. The van der Waals surface area contributed by atoms with Gasteiger partial charge in [-0.25, -0.2) is 4.39 Å². The molecule has 0 unspecified atom stereocenters.